The fraction of sp³-hybridized carbons (Fsp3) is 0.600. The van der Waals surface area contributed by atoms with Crippen LogP contribution in [0.2, 0.25) is 0 Å². The van der Waals surface area contributed by atoms with Crippen molar-refractivity contribution in [3.63, 3.8) is 0 Å². The summed E-state index contributed by atoms with van der Waals surface area (Å²) in [6.07, 6.45) is 1.19. The Labute approximate surface area is 105 Å². The highest BCUT2D eigenvalue weighted by Crippen LogP contribution is 2.38. The van der Waals surface area contributed by atoms with Crippen molar-refractivity contribution in [2.45, 2.75) is 45.6 Å². The van der Waals surface area contributed by atoms with Gasteiger partial charge in [0.2, 0.25) is 0 Å². The summed E-state index contributed by atoms with van der Waals surface area (Å²) in [6, 6.07) is 7.18. The number of nitrogens with zero attached hydrogens (tertiary/aromatic N) is 1. The number of hydrogen-bond donors (Lipinski definition) is 1. The van der Waals surface area contributed by atoms with Crippen molar-refractivity contribution >= 4 is 11.4 Å². The lowest BCUT2D eigenvalue weighted by Crippen LogP contribution is -2.20. The smallest absolute Gasteiger partial charge is 0.0617 e. The first-order valence-corrected chi connectivity index (χ1v) is 6.51. The zero-order valence-electron chi connectivity index (χ0n) is 11.7. The minimum atomic E-state index is 0.184. The van der Waals surface area contributed by atoms with Crippen molar-refractivity contribution in [3.05, 3.63) is 23.8 Å². The SMILES string of the molecule is CC1CCN(C)c2cccc(C(C)(C)C)c2N1. The molecule has 1 N–H and O–H groups in total. The second-order valence-electron chi connectivity index (χ2n) is 6.21. The highest BCUT2D eigenvalue weighted by atomic mass is 15.1. The van der Waals surface area contributed by atoms with E-state index in [1.54, 1.807) is 0 Å². The number of nitrogens with one attached hydrogen (secondary N) is 1. The maximum atomic E-state index is 3.69. The summed E-state index contributed by atoms with van der Waals surface area (Å²) < 4.78 is 0. The number of benzene rings is 1. The van der Waals surface area contributed by atoms with E-state index in [4.69, 9.17) is 0 Å². The highest BCUT2D eigenvalue weighted by Gasteiger charge is 2.24. The van der Waals surface area contributed by atoms with E-state index in [0.717, 1.165) is 6.54 Å². The summed E-state index contributed by atoms with van der Waals surface area (Å²) in [5, 5.41) is 3.69. The molecule has 1 aliphatic heterocycles. The normalized spacial score (nSPS) is 20.5. The largest absolute Gasteiger partial charge is 0.381 e. The number of para-hydroxylation sites is 1. The Balaban J connectivity index is 2.55. The molecule has 2 nitrogen and oxygen atoms in total. The van der Waals surface area contributed by atoms with Gasteiger partial charge in [-0.25, -0.2) is 0 Å². The standard InChI is InChI=1S/C15H24N2/c1-11-9-10-17(5)13-8-6-7-12(14(13)16-11)15(2,3)4/h6-8,11,16H,9-10H2,1-5H3. The van der Waals surface area contributed by atoms with Gasteiger partial charge < -0.3 is 10.2 Å². The van der Waals surface area contributed by atoms with Crippen LogP contribution in [0.1, 0.15) is 39.7 Å². The van der Waals surface area contributed by atoms with E-state index in [0.29, 0.717) is 6.04 Å². The van der Waals surface area contributed by atoms with E-state index >= 15 is 0 Å². The summed E-state index contributed by atoms with van der Waals surface area (Å²) in [5.74, 6) is 0. The maximum Gasteiger partial charge on any atom is 0.0617 e. The molecule has 2 rings (SSSR count). The molecule has 1 aromatic rings. The van der Waals surface area contributed by atoms with Gasteiger partial charge in [0.15, 0.2) is 0 Å². The number of anilines is 2. The van der Waals surface area contributed by atoms with Gasteiger partial charge in [-0.15, -0.1) is 0 Å². The molecule has 0 aliphatic carbocycles. The average molecular weight is 232 g/mol. The minimum absolute atomic E-state index is 0.184. The molecular weight excluding hydrogens is 208 g/mol. The molecule has 1 atom stereocenters. The van der Waals surface area contributed by atoms with E-state index in [9.17, 15) is 0 Å². The summed E-state index contributed by atoms with van der Waals surface area (Å²) in [7, 11) is 2.19. The summed E-state index contributed by atoms with van der Waals surface area (Å²) in [6.45, 7) is 10.2. The summed E-state index contributed by atoms with van der Waals surface area (Å²) in [5.41, 5.74) is 4.26. The van der Waals surface area contributed by atoms with Gasteiger partial charge in [-0.3, -0.25) is 0 Å². The molecule has 17 heavy (non-hydrogen) atoms. The molecule has 0 spiro atoms. The molecule has 94 valence electrons. The number of rotatable bonds is 0. The zero-order valence-corrected chi connectivity index (χ0v) is 11.7. The zero-order chi connectivity index (χ0) is 12.6. The van der Waals surface area contributed by atoms with E-state index in [1.165, 1.54) is 23.4 Å². The molecular formula is C15H24N2. The van der Waals surface area contributed by atoms with Crippen LogP contribution in [-0.4, -0.2) is 19.6 Å². The first kappa shape index (κ1) is 12.3. The lowest BCUT2D eigenvalue weighted by atomic mass is 9.85. The van der Waals surface area contributed by atoms with Gasteiger partial charge in [0.1, 0.15) is 0 Å². The van der Waals surface area contributed by atoms with Crippen molar-refractivity contribution in [1.82, 2.24) is 0 Å². The van der Waals surface area contributed by atoms with Crippen molar-refractivity contribution < 1.29 is 0 Å². The lowest BCUT2D eigenvalue weighted by molar-refractivity contribution is 0.591. The summed E-state index contributed by atoms with van der Waals surface area (Å²) in [4.78, 5) is 2.36. The lowest BCUT2D eigenvalue weighted by Gasteiger charge is -2.27. The Morgan fingerprint density at radius 1 is 1.29 bits per heavy atom. The number of hydrogen-bond acceptors (Lipinski definition) is 2. The number of fused-ring (bicyclic) bond motifs is 1. The van der Waals surface area contributed by atoms with Gasteiger partial charge in [0.05, 0.1) is 11.4 Å². The van der Waals surface area contributed by atoms with Crippen molar-refractivity contribution in [1.29, 1.82) is 0 Å². The van der Waals surface area contributed by atoms with Gasteiger partial charge in [0, 0.05) is 19.6 Å². The molecule has 1 heterocycles. The highest BCUT2D eigenvalue weighted by molar-refractivity contribution is 5.75. The van der Waals surface area contributed by atoms with E-state index in [1.807, 2.05) is 0 Å². The second kappa shape index (κ2) is 4.25. The Kier molecular flexibility index (Phi) is 3.07. The van der Waals surface area contributed by atoms with Crippen LogP contribution in [0, 0.1) is 0 Å². The molecule has 0 saturated heterocycles. The van der Waals surface area contributed by atoms with Crippen LogP contribution in [0.5, 0.6) is 0 Å². The van der Waals surface area contributed by atoms with Gasteiger partial charge in [0.25, 0.3) is 0 Å². The fourth-order valence-corrected chi connectivity index (χ4v) is 2.46. The second-order valence-corrected chi connectivity index (χ2v) is 6.21. The molecule has 2 heteroatoms. The van der Waals surface area contributed by atoms with E-state index < -0.39 is 0 Å². The van der Waals surface area contributed by atoms with Crippen LogP contribution >= 0.6 is 0 Å². The molecule has 0 amide bonds. The Hall–Kier alpha value is -1.18. The molecule has 0 fully saturated rings. The predicted octanol–water partition coefficient (Wildman–Crippen LogP) is 3.62. The Morgan fingerprint density at radius 3 is 2.65 bits per heavy atom. The predicted molar refractivity (Wildman–Crippen MR) is 76.1 cm³/mol. The maximum absolute atomic E-state index is 3.69. The van der Waals surface area contributed by atoms with Gasteiger partial charge in [-0.2, -0.15) is 0 Å². The molecule has 0 radical (unpaired) electrons. The molecule has 1 aliphatic rings. The molecule has 1 aromatic carbocycles. The monoisotopic (exact) mass is 232 g/mol. The quantitative estimate of drug-likeness (QED) is 0.735. The van der Waals surface area contributed by atoms with Gasteiger partial charge in [-0.1, -0.05) is 32.9 Å². The van der Waals surface area contributed by atoms with E-state index in [-0.39, 0.29) is 5.41 Å². The Morgan fingerprint density at radius 2 is 2.00 bits per heavy atom. The van der Waals surface area contributed by atoms with Gasteiger partial charge in [-0.05, 0) is 30.4 Å². The topological polar surface area (TPSA) is 15.3 Å². The van der Waals surface area contributed by atoms with Crippen LogP contribution in [0.25, 0.3) is 0 Å². The third kappa shape index (κ3) is 2.41. The van der Waals surface area contributed by atoms with Crippen molar-refractivity contribution in [2.75, 3.05) is 23.8 Å². The van der Waals surface area contributed by atoms with Crippen LogP contribution in [0.15, 0.2) is 18.2 Å². The van der Waals surface area contributed by atoms with Crippen LogP contribution < -0.4 is 10.2 Å². The molecule has 0 bridgehead atoms. The molecule has 0 aromatic heterocycles. The summed E-state index contributed by atoms with van der Waals surface area (Å²) >= 11 is 0. The minimum Gasteiger partial charge on any atom is -0.381 e. The van der Waals surface area contributed by atoms with Crippen molar-refractivity contribution in [3.8, 4) is 0 Å². The Bertz CT molecular complexity index is 404. The van der Waals surface area contributed by atoms with E-state index in [2.05, 4.69) is 63.2 Å². The fourth-order valence-electron chi connectivity index (χ4n) is 2.46. The van der Waals surface area contributed by atoms with Crippen molar-refractivity contribution in [2.24, 2.45) is 0 Å². The molecule has 1 unspecified atom stereocenters. The van der Waals surface area contributed by atoms with Crippen LogP contribution in [0.3, 0.4) is 0 Å². The van der Waals surface area contributed by atoms with Crippen LogP contribution in [0.4, 0.5) is 11.4 Å². The first-order valence-electron chi connectivity index (χ1n) is 6.51. The van der Waals surface area contributed by atoms with Crippen LogP contribution in [-0.2, 0) is 5.41 Å². The third-order valence-corrected chi connectivity index (χ3v) is 3.55. The first-order chi connectivity index (χ1) is 7.89. The van der Waals surface area contributed by atoms with Gasteiger partial charge >= 0.3 is 0 Å². The average Bonchev–Trinajstić information content (AvgIpc) is 2.37. The molecule has 0 saturated carbocycles. The third-order valence-electron chi connectivity index (χ3n) is 3.55.